The molecule has 4 nitrogen and oxygen atoms in total. The molecule has 0 aliphatic rings. The molecule has 0 bridgehead atoms. The maximum atomic E-state index is 6.00. The summed E-state index contributed by atoms with van der Waals surface area (Å²) in [6, 6.07) is 9.80. The molecule has 2 rings (SSSR count). The lowest BCUT2D eigenvalue weighted by molar-refractivity contribution is 0.0716. The van der Waals surface area contributed by atoms with Crippen molar-refractivity contribution in [2.45, 2.75) is 33.4 Å². The first kappa shape index (κ1) is 12.6. The van der Waals surface area contributed by atoms with Gasteiger partial charge in [0, 0.05) is 6.42 Å². The van der Waals surface area contributed by atoms with Gasteiger partial charge in [0.1, 0.15) is 18.4 Å². The summed E-state index contributed by atoms with van der Waals surface area (Å²) in [5.41, 5.74) is 0.158. The number of aromatic nitrogens is 3. The van der Waals surface area contributed by atoms with Gasteiger partial charge < -0.3 is 4.74 Å². The first-order chi connectivity index (χ1) is 8.54. The summed E-state index contributed by atoms with van der Waals surface area (Å²) in [5, 5.41) is 4.18. The Morgan fingerprint density at radius 3 is 2.50 bits per heavy atom. The molecule has 0 spiro atoms. The summed E-state index contributed by atoms with van der Waals surface area (Å²) >= 11 is 0. The molecule has 1 atom stereocenters. The largest absolute Gasteiger partial charge is 0.469 e. The lowest BCUT2D eigenvalue weighted by atomic mass is 9.91. The monoisotopic (exact) mass is 245 g/mol. The second-order valence-electron chi connectivity index (χ2n) is 5.53. The van der Waals surface area contributed by atoms with Crippen LogP contribution in [0.1, 0.15) is 33.4 Å². The van der Waals surface area contributed by atoms with Crippen molar-refractivity contribution in [1.29, 1.82) is 0 Å². The molecule has 0 amide bonds. The summed E-state index contributed by atoms with van der Waals surface area (Å²) in [6.07, 6.45) is 3.96. The van der Waals surface area contributed by atoms with E-state index in [-0.39, 0.29) is 11.6 Å². The Balaban J connectivity index is 2.15. The van der Waals surface area contributed by atoms with Crippen LogP contribution in [0.5, 0.6) is 5.75 Å². The van der Waals surface area contributed by atoms with Crippen LogP contribution in [0.25, 0.3) is 0 Å². The summed E-state index contributed by atoms with van der Waals surface area (Å²) in [5.74, 6) is 0.849. The minimum atomic E-state index is -0.130. The molecule has 0 N–H and O–H groups in total. The van der Waals surface area contributed by atoms with Crippen molar-refractivity contribution in [2.24, 2.45) is 5.41 Å². The zero-order valence-corrected chi connectivity index (χ0v) is 11.1. The van der Waals surface area contributed by atoms with Crippen molar-refractivity contribution < 1.29 is 4.74 Å². The second kappa shape index (κ2) is 5.21. The smallest absolute Gasteiger partial charge is 0.193 e. The normalized spacial score (nSPS) is 13.3. The maximum absolute atomic E-state index is 6.00. The third kappa shape index (κ3) is 3.58. The first-order valence-corrected chi connectivity index (χ1v) is 6.10. The van der Waals surface area contributed by atoms with Crippen molar-refractivity contribution in [3.05, 3.63) is 43.0 Å². The summed E-state index contributed by atoms with van der Waals surface area (Å²) < 4.78 is 7.76. The van der Waals surface area contributed by atoms with Gasteiger partial charge >= 0.3 is 0 Å². The average molecular weight is 245 g/mol. The van der Waals surface area contributed by atoms with E-state index in [1.807, 2.05) is 30.3 Å². The highest BCUT2D eigenvalue weighted by molar-refractivity contribution is 5.21. The first-order valence-electron chi connectivity index (χ1n) is 6.10. The van der Waals surface area contributed by atoms with Crippen molar-refractivity contribution >= 4 is 0 Å². The quantitative estimate of drug-likeness (QED) is 0.829. The van der Waals surface area contributed by atoms with Gasteiger partial charge in [0.05, 0.1) is 0 Å². The molecule has 1 aromatic carbocycles. The Kier molecular flexibility index (Phi) is 3.65. The maximum Gasteiger partial charge on any atom is 0.193 e. The van der Waals surface area contributed by atoms with Gasteiger partial charge in [-0.25, -0.2) is 9.67 Å². The number of ether oxygens (including phenoxy) is 1. The summed E-state index contributed by atoms with van der Waals surface area (Å²) in [4.78, 5) is 3.99. The molecule has 0 aliphatic carbocycles. The zero-order chi connectivity index (χ0) is 13.0. The highest BCUT2D eigenvalue weighted by atomic mass is 16.5. The van der Waals surface area contributed by atoms with Gasteiger partial charge in [-0.1, -0.05) is 39.0 Å². The van der Waals surface area contributed by atoms with Crippen molar-refractivity contribution in [3.8, 4) is 5.75 Å². The molecule has 0 radical (unpaired) electrons. The Morgan fingerprint density at radius 1 is 1.22 bits per heavy atom. The molecule has 18 heavy (non-hydrogen) atoms. The lowest BCUT2D eigenvalue weighted by Crippen LogP contribution is -2.22. The molecule has 0 aliphatic heterocycles. The van der Waals surface area contributed by atoms with Gasteiger partial charge in [0.15, 0.2) is 6.23 Å². The fourth-order valence-corrected chi connectivity index (χ4v) is 1.74. The average Bonchev–Trinajstić information content (AvgIpc) is 2.81. The van der Waals surface area contributed by atoms with Gasteiger partial charge in [0.2, 0.25) is 0 Å². The molecule has 0 fully saturated rings. The zero-order valence-electron chi connectivity index (χ0n) is 11.1. The summed E-state index contributed by atoms with van der Waals surface area (Å²) in [6.45, 7) is 6.56. The fraction of sp³-hybridized carbons (Fsp3) is 0.429. The minimum absolute atomic E-state index is 0.130. The number of hydrogen-bond acceptors (Lipinski definition) is 3. The van der Waals surface area contributed by atoms with Crippen LogP contribution in [0.15, 0.2) is 43.0 Å². The molecule has 1 unspecified atom stereocenters. The van der Waals surface area contributed by atoms with Crippen LogP contribution in [0.2, 0.25) is 0 Å². The third-order valence-corrected chi connectivity index (χ3v) is 2.53. The number of para-hydroxylation sites is 1. The molecule has 96 valence electrons. The van der Waals surface area contributed by atoms with Gasteiger partial charge in [0.25, 0.3) is 0 Å². The predicted molar refractivity (Wildman–Crippen MR) is 70.2 cm³/mol. The van der Waals surface area contributed by atoms with E-state index in [0.29, 0.717) is 0 Å². The Bertz CT molecular complexity index is 460. The van der Waals surface area contributed by atoms with E-state index >= 15 is 0 Å². The van der Waals surface area contributed by atoms with E-state index in [4.69, 9.17) is 4.74 Å². The topological polar surface area (TPSA) is 39.9 Å². The SMILES string of the molecule is CC(C)(C)CC(Oc1ccccc1)n1cncn1. The fourth-order valence-electron chi connectivity index (χ4n) is 1.74. The molecule has 0 saturated heterocycles. The highest BCUT2D eigenvalue weighted by Gasteiger charge is 2.22. The van der Waals surface area contributed by atoms with Gasteiger partial charge in [-0.15, -0.1) is 0 Å². The lowest BCUT2D eigenvalue weighted by Gasteiger charge is -2.26. The van der Waals surface area contributed by atoms with Gasteiger partial charge in [-0.2, -0.15) is 5.10 Å². The number of benzene rings is 1. The molecule has 0 saturated carbocycles. The van der Waals surface area contributed by atoms with Crippen molar-refractivity contribution in [3.63, 3.8) is 0 Å². The summed E-state index contributed by atoms with van der Waals surface area (Å²) in [7, 11) is 0. The van der Waals surface area contributed by atoms with E-state index in [1.165, 1.54) is 6.33 Å². The molecular formula is C14H19N3O. The van der Waals surface area contributed by atoms with Crippen LogP contribution < -0.4 is 4.74 Å². The number of hydrogen-bond donors (Lipinski definition) is 0. The van der Waals surface area contributed by atoms with E-state index in [0.717, 1.165) is 12.2 Å². The molecule has 1 aromatic heterocycles. The Labute approximate surface area is 108 Å². The van der Waals surface area contributed by atoms with Crippen LogP contribution in [0, 0.1) is 5.41 Å². The van der Waals surface area contributed by atoms with E-state index < -0.39 is 0 Å². The van der Waals surface area contributed by atoms with Crippen LogP contribution in [-0.4, -0.2) is 14.8 Å². The van der Waals surface area contributed by atoms with Crippen LogP contribution in [-0.2, 0) is 0 Å². The van der Waals surface area contributed by atoms with Crippen LogP contribution >= 0.6 is 0 Å². The minimum Gasteiger partial charge on any atom is -0.469 e. The van der Waals surface area contributed by atoms with Crippen molar-refractivity contribution in [1.82, 2.24) is 14.8 Å². The second-order valence-corrected chi connectivity index (χ2v) is 5.53. The Morgan fingerprint density at radius 2 is 1.94 bits per heavy atom. The van der Waals surface area contributed by atoms with Crippen molar-refractivity contribution in [2.75, 3.05) is 0 Å². The molecule has 2 aromatic rings. The Hall–Kier alpha value is -1.84. The third-order valence-electron chi connectivity index (χ3n) is 2.53. The van der Waals surface area contributed by atoms with Gasteiger partial charge in [-0.3, -0.25) is 0 Å². The standard InChI is InChI=1S/C14H19N3O/c1-14(2,3)9-13(17-11-15-10-16-17)18-12-7-5-4-6-8-12/h4-8,10-11,13H,9H2,1-3H3. The predicted octanol–water partition coefficient (Wildman–Crippen LogP) is 3.29. The van der Waals surface area contributed by atoms with Crippen LogP contribution in [0.3, 0.4) is 0 Å². The van der Waals surface area contributed by atoms with Gasteiger partial charge in [-0.05, 0) is 17.5 Å². The van der Waals surface area contributed by atoms with E-state index in [2.05, 4.69) is 30.9 Å². The van der Waals surface area contributed by atoms with Crippen LogP contribution in [0.4, 0.5) is 0 Å². The molecule has 4 heteroatoms. The number of rotatable bonds is 4. The molecular weight excluding hydrogens is 226 g/mol. The highest BCUT2D eigenvalue weighted by Crippen LogP contribution is 2.29. The molecule has 1 heterocycles. The van der Waals surface area contributed by atoms with E-state index in [9.17, 15) is 0 Å². The van der Waals surface area contributed by atoms with E-state index in [1.54, 1.807) is 11.0 Å². The number of nitrogens with zero attached hydrogens (tertiary/aromatic N) is 3.